The molecule has 1 nitrogen and oxygen atoms in total. The van der Waals surface area contributed by atoms with Crippen molar-refractivity contribution in [2.45, 2.75) is 58.7 Å². The van der Waals surface area contributed by atoms with Crippen molar-refractivity contribution in [3.8, 4) is 0 Å². The summed E-state index contributed by atoms with van der Waals surface area (Å²) in [7, 11) is 0. The second kappa shape index (κ2) is 2.75. The molecule has 0 aromatic heterocycles. The lowest BCUT2D eigenvalue weighted by Gasteiger charge is -2.63. The summed E-state index contributed by atoms with van der Waals surface area (Å²) in [6.07, 6.45) is 6.70. The zero-order valence-corrected chi connectivity index (χ0v) is 9.62. The fourth-order valence-corrected chi connectivity index (χ4v) is 4.23. The molecule has 1 heteroatoms. The normalized spacial score (nSPS) is 54.6. The predicted molar refractivity (Wildman–Crippen MR) is 57.1 cm³/mol. The lowest BCUT2D eigenvalue weighted by atomic mass is 9.44. The lowest BCUT2D eigenvalue weighted by Crippen LogP contribution is -2.59. The maximum Gasteiger partial charge on any atom is 0.0612 e. The molecule has 0 aromatic rings. The van der Waals surface area contributed by atoms with Gasteiger partial charge in [0.25, 0.3) is 0 Å². The van der Waals surface area contributed by atoms with E-state index in [9.17, 15) is 0 Å². The van der Waals surface area contributed by atoms with Crippen LogP contribution in [0.15, 0.2) is 0 Å². The van der Waals surface area contributed by atoms with Gasteiger partial charge in [-0.2, -0.15) is 0 Å². The van der Waals surface area contributed by atoms with Crippen LogP contribution in [0.2, 0.25) is 0 Å². The highest BCUT2D eigenvalue weighted by Crippen LogP contribution is 2.63. The molecule has 0 unspecified atom stereocenters. The minimum Gasteiger partial charge on any atom is -0.375 e. The lowest BCUT2D eigenvalue weighted by molar-refractivity contribution is -0.211. The molecule has 1 aliphatic heterocycles. The SMILES string of the molecule is C[C@@H]1CC[C@@H]2[C@@H](C[C@H]3C[C@@H]2C3(C)C)O1. The fourth-order valence-electron chi connectivity index (χ4n) is 4.23. The van der Waals surface area contributed by atoms with Crippen LogP contribution in [-0.2, 0) is 4.74 Å². The summed E-state index contributed by atoms with van der Waals surface area (Å²) in [4.78, 5) is 0. The number of rotatable bonds is 0. The van der Waals surface area contributed by atoms with E-state index >= 15 is 0 Å². The van der Waals surface area contributed by atoms with Gasteiger partial charge in [0.15, 0.2) is 0 Å². The van der Waals surface area contributed by atoms with E-state index in [4.69, 9.17) is 4.74 Å². The molecule has 0 spiro atoms. The third-order valence-corrected chi connectivity index (χ3v) is 5.37. The van der Waals surface area contributed by atoms with E-state index in [0.29, 0.717) is 17.6 Å². The van der Waals surface area contributed by atoms with Crippen molar-refractivity contribution in [3.05, 3.63) is 0 Å². The van der Waals surface area contributed by atoms with Gasteiger partial charge in [-0.15, -0.1) is 0 Å². The maximum absolute atomic E-state index is 6.08. The Balaban J connectivity index is 1.79. The van der Waals surface area contributed by atoms with Crippen LogP contribution in [0.1, 0.15) is 46.5 Å². The summed E-state index contributed by atoms with van der Waals surface area (Å²) < 4.78 is 6.08. The van der Waals surface area contributed by atoms with Gasteiger partial charge in [0, 0.05) is 0 Å². The Morgan fingerprint density at radius 3 is 2.64 bits per heavy atom. The summed E-state index contributed by atoms with van der Waals surface area (Å²) in [5, 5.41) is 0. The third kappa shape index (κ3) is 1.05. The van der Waals surface area contributed by atoms with Gasteiger partial charge < -0.3 is 4.74 Å². The van der Waals surface area contributed by atoms with Crippen molar-refractivity contribution in [1.82, 2.24) is 0 Å². The number of hydrogen-bond donors (Lipinski definition) is 0. The van der Waals surface area contributed by atoms with E-state index in [2.05, 4.69) is 20.8 Å². The number of hydrogen-bond acceptors (Lipinski definition) is 1. The first-order valence-corrected chi connectivity index (χ1v) is 6.24. The Hall–Kier alpha value is -0.0400. The van der Waals surface area contributed by atoms with E-state index < -0.39 is 0 Å². The fraction of sp³-hybridized carbons (Fsp3) is 1.00. The molecule has 0 N–H and O–H groups in total. The van der Waals surface area contributed by atoms with Crippen molar-refractivity contribution in [1.29, 1.82) is 0 Å². The monoisotopic (exact) mass is 194 g/mol. The molecule has 5 atom stereocenters. The molecule has 4 fully saturated rings. The molecule has 1 heterocycles. The summed E-state index contributed by atoms with van der Waals surface area (Å²) in [5.41, 5.74) is 0.630. The van der Waals surface area contributed by atoms with Crippen molar-refractivity contribution < 1.29 is 4.74 Å². The highest BCUT2D eigenvalue weighted by molar-refractivity contribution is 5.07. The smallest absolute Gasteiger partial charge is 0.0612 e. The molecule has 3 aliphatic carbocycles. The Kier molecular flexibility index (Phi) is 1.81. The van der Waals surface area contributed by atoms with E-state index in [1.165, 1.54) is 25.7 Å². The molecular formula is C13H22O. The van der Waals surface area contributed by atoms with Gasteiger partial charge in [0.2, 0.25) is 0 Å². The Bertz CT molecular complexity index is 246. The molecule has 0 radical (unpaired) electrons. The highest BCUT2D eigenvalue weighted by Gasteiger charge is 2.58. The second-order valence-corrected chi connectivity index (χ2v) is 6.32. The van der Waals surface area contributed by atoms with Crippen LogP contribution in [0.5, 0.6) is 0 Å². The second-order valence-electron chi connectivity index (χ2n) is 6.32. The largest absolute Gasteiger partial charge is 0.375 e. The number of ether oxygens (including phenoxy) is 1. The zero-order valence-electron chi connectivity index (χ0n) is 9.62. The molecule has 0 amide bonds. The van der Waals surface area contributed by atoms with Gasteiger partial charge >= 0.3 is 0 Å². The van der Waals surface area contributed by atoms with Crippen LogP contribution in [0.3, 0.4) is 0 Å². The minimum absolute atomic E-state index is 0.525. The molecular weight excluding hydrogens is 172 g/mol. The van der Waals surface area contributed by atoms with Crippen LogP contribution in [-0.4, -0.2) is 12.2 Å². The van der Waals surface area contributed by atoms with Crippen molar-refractivity contribution in [2.24, 2.45) is 23.2 Å². The van der Waals surface area contributed by atoms with Crippen LogP contribution in [0.4, 0.5) is 0 Å². The van der Waals surface area contributed by atoms with Crippen molar-refractivity contribution >= 4 is 0 Å². The van der Waals surface area contributed by atoms with Crippen LogP contribution < -0.4 is 0 Å². The van der Waals surface area contributed by atoms with Gasteiger partial charge in [0.1, 0.15) is 0 Å². The Morgan fingerprint density at radius 2 is 1.93 bits per heavy atom. The highest BCUT2D eigenvalue weighted by atomic mass is 16.5. The molecule has 2 bridgehead atoms. The molecule has 14 heavy (non-hydrogen) atoms. The molecule has 80 valence electrons. The van der Waals surface area contributed by atoms with Gasteiger partial charge in [0.05, 0.1) is 12.2 Å². The average Bonchev–Trinajstić information content (AvgIpc) is 2.16. The van der Waals surface area contributed by atoms with Crippen LogP contribution >= 0.6 is 0 Å². The third-order valence-electron chi connectivity index (χ3n) is 5.37. The Labute approximate surface area is 87.2 Å². The van der Waals surface area contributed by atoms with Gasteiger partial charge in [-0.05, 0) is 55.8 Å². The minimum atomic E-state index is 0.525. The standard InChI is InChI=1S/C13H22O/c1-8-4-5-10-11-6-9(13(11,2)3)7-12(10)14-8/h8-12H,4-7H2,1-3H3/t8-,9-,10+,11+,12-/m1/s1. The predicted octanol–water partition coefficient (Wildman–Crippen LogP) is 3.24. The zero-order chi connectivity index (χ0) is 9.92. The van der Waals surface area contributed by atoms with Crippen LogP contribution in [0.25, 0.3) is 0 Å². The van der Waals surface area contributed by atoms with Gasteiger partial charge in [-0.3, -0.25) is 0 Å². The molecule has 3 saturated carbocycles. The topological polar surface area (TPSA) is 9.23 Å². The van der Waals surface area contributed by atoms with E-state index in [1.54, 1.807) is 0 Å². The van der Waals surface area contributed by atoms with Gasteiger partial charge in [-0.25, -0.2) is 0 Å². The van der Waals surface area contributed by atoms with Crippen molar-refractivity contribution in [2.75, 3.05) is 0 Å². The quantitative estimate of drug-likeness (QED) is 0.575. The summed E-state index contributed by atoms with van der Waals surface area (Å²) in [6, 6.07) is 0. The molecule has 0 aromatic carbocycles. The Morgan fingerprint density at radius 1 is 1.14 bits per heavy atom. The summed E-state index contributed by atoms with van der Waals surface area (Å²) in [6.45, 7) is 7.18. The average molecular weight is 194 g/mol. The summed E-state index contributed by atoms with van der Waals surface area (Å²) >= 11 is 0. The first-order valence-electron chi connectivity index (χ1n) is 6.24. The molecule has 4 rings (SSSR count). The van der Waals surface area contributed by atoms with E-state index in [-0.39, 0.29) is 0 Å². The first kappa shape index (κ1) is 9.21. The van der Waals surface area contributed by atoms with Gasteiger partial charge in [-0.1, -0.05) is 13.8 Å². The molecule has 1 saturated heterocycles. The van der Waals surface area contributed by atoms with E-state index in [0.717, 1.165) is 17.8 Å². The first-order chi connectivity index (χ1) is 6.59. The van der Waals surface area contributed by atoms with Crippen LogP contribution in [0, 0.1) is 23.2 Å². The summed E-state index contributed by atoms with van der Waals surface area (Å²) in [5.74, 6) is 2.82. The van der Waals surface area contributed by atoms with E-state index in [1.807, 2.05) is 0 Å². The molecule has 4 aliphatic rings. The maximum atomic E-state index is 6.08. The van der Waals surface area contributed by atoms with Crippen molar-refractivity contribution in [3.63, 3.8) is 0 Å².